The van der Waals surface area contributed by atoms with E-state index in [4.69, 9.17) is 9.31 Å². The summed E-state index contributed by atoms with van der Waals surface area (Å²) in [6.07, 6.45) is 1.92. The van der Waals surface area contributed by atoms with Gasteiger partial charge in [-0.3, -0.25) is 0 Å². The van der Waals surface area contributed by atoms with Crippen molar-refractivity contribution in [1.82, 2.24) is 4.98 Å². The number of hydrogen-bond donors (Lipinski definition) is 1. The first-order chi connectivity index (χ1) is 6.85. The van der Waals surface area contributed by atoms with E-state index in [0.717, 1.165) is 11.0 Å². The maximum Gasteiger partial charge on any atom is 0.493 e. The van der Waals surface area contributed by atoms with E-state index in [2.05, 4.69) is 11.1 Å². The van der Waals surface area contributed by atoms with Gasteiger partial charge in [0.2, 0.25) is 0 Å². The van der Waals surface area contributed by atoms with Gasteiger partial charge in [0, 0.05) is 25.9 Å². The van der Waals surface area contributed by atoms with E-state index in [1.165, 1.54) is 5.39 Å². The van der Waals surface area contributed by atoms with E-state index >= 15 is 0 Å². The van der Waals surface area contributed by atoms with Crippen LogP contribution in [0.2, 0.25) is 0 Å². The van der Waals surface area contributed by atoms with E-state index in [1.54, 1.807) is 14.2 Å². The van der Waals surface area contributed by atoms with Gasteiger partial charge in [-0.05, 0) is 23.0 Å². The van der Waals surface area contributed by atoms with Crippen LogP contribution in [-0.4, -0.2) is 26.3 Å². The molecule has 0 unspecified atom stereocenters. The highest BCUT2D eigenvalue weighted by atomic mass is 16.6. The molecule has 14 heavy (non-hydrogen) atoms. The molecular weight excluding hydrogens is 177 g/mol. The summed E-state index contributed by atoms with van der Waals surface area (Å²) in [6.45, 7) is 0. The van der Waals surface area contributed by atoms with Crippen LogP contribution in [0.25, 0.3) is 10.9 Å². The average molecular weight is 189 g/mol. The molecule has 2 aromatic rings. The second-order valence-electron chi connectivity index (χ2n) is 3.13. The van der Waals surface area contributed by atoms with Crippen LogP contribution in [-0.2, 0) is 9.31 Å². The van der Waals surface area contributed by atoms with Gasteiger partial charge in [-0.2, -0.15) is 0 Å². The second kappa shape index (κ2) is 3.86. The van der Waals surface area contributed by atoms with Crippen LogP contribution in [0.15, 0.2) is 30.5 Å². The summed E-state index contributed by atoms with van der Waals surface area (Å²) in [4.78, 5) is 3.14. The third-order valence-corrected chi connectivity index (χ3v) is 2.28. The quantitative estimate of drug-likeness (QED) is 0.735. The number of hydrogen-bond acceptors (Lipinski definition) is 2. The van der Waals surface area contributed by atoms with Gasteiger partial charge in [0.25, 0.3) is 0 Å². The molecule has 1 heterocycles. The zero-order valence-electron chi connectivity index (χ0n) is 8.28. The lowest BCUT2D eigenvalue weighted by atomic mass is 9.78. The number of rotatable bonds is 3. The van der Waals surface area contributed by atoms with E-state index in [-0.39, 0.29) is 7.12 Å². The summed E-state index contributed by atoms with van der Waals surface area (Å²) < 4.78 is 10.4. The van der Waals surface area contributed by atoms with Gasteiger partial charge < -0.3 is 14.3 Å². The molecular formula is C10H12BNO2. The molecule has 0 saturated carbocycles. The molecule has 2 rings (SSSR count). The van der Waals surface area contributed by atoms with E-state index in [0.29, 0.717) is 0 Å². The van der Waals surface area contributed by atoms with E-state index in [1.807, 2.05) is 24.4 Å². The maximum atomic E-state index is 5.18. The predicted molar refractivity (Wildman–Crippen MR) is 57.7 cm³/mol. The van der Waals surface area contributed by atoms with Crippen molar-refractivity contribution < 1.29 is 9.31 Å². The van der Waals surface area contributed by atoms with Crippen molar-refractivity contribution in [3.63, 3.8) is 0 Å². The minimum atomic E-state index is -0.283. The van der Waals surface area contributed by atoms with Crippen LogP contribution in [0.3, 0.4) is 0 Å². The Hall–Kier alpha value is -1.26. The van der Waals surface area contributed by atoms with Crippen molar-refractivity contribution in [1.29, 1.82) is 0 Å². The Balaban J connectivity index is 2.42. The third-order valence-electron chi connectivity index (χ3n) is 2.28. The smallest absolute Gasteiger partial charge is 0.410 e. The van der Waals surface area contributed by atoms with Crippen molar-refractivity contribution in [3.8, 4) is 0 Å². The lowest BCUT2D eigenvalue weighted by Crippen LogP contribution is -2.34. The summed E-state index contributed by atoms with van der Waals surface area (Å²) in [7, 11) is 2.99. The fourth-order valence-corrected chi connectivity index (χ4v) is 1.59. The molecule has 0 aliphatic rings. The van der Waals surface area contributed by atoms with Crippen molar-refractivity contribution >= 4 is 23.5 Å². The first-order valence-corrected chi connectivity index (χ1v) is 4.48. The molecule has 4 heteroatoms. The highest BCUT2D eigenvalue weighted by Gasteiger charge is 2.17. The highest BCUT2D eigenvalue weighted by molar-refractivity contribution is 6.61. The molecule has 0 aliphatic heterocycles. The van der Waals surface area contributed by atoms with Gasteiger partial charge in [0.15, 0.2) is 0 Å². The minimum Gasteiger partial charge on any atom is -0.410 e. The molecule has 1 N–H and O–H groups in total. The monoisotopic (exact) mass is 189 g/mol. The molecule has 0 atom stereocenters. The SMILES string of the molecule is COB(OC)c1ccc2[nH]ccc2c1. The van der Waals surface area contributed by atoms with Crippen LogP contribution in [0.4, 0.5) is 0 Å². The molecule has 3 nitrogen and oxygen atoms in total. The topological polar surface area (TPSA) is 34.2 Å². The van der Waals surface area contributed by atoms with Crippen molar-refractivity contribution in [2.24, 2.45) is 0 Å². The number of aromatic nitrogens is 1. The number of fused-ring (bicyclic) bond motifs is 1. The van der Waals surface area contributed by atoms with Gasteiger partial charge >= 0.3 is 7.12 Å². The van der Waals surface area contributed by atoms with Crippen LogP contribution >= 0.6 is 0 Å². The Kier molecular flexibility index (Phi) is 2.57. The zero-order chi connectivity index (χ0) is 9.97. The molecule has 1 aromatic heterocycles. The minimum absolute atomic E-state index is 0.283. The summed E-state index contributed by atoms with van der Waals surface area (Å²) in [5.41, 5.74) is 2.15. The lowest BCUT2D eigenvalue weighted by molar-refractivity contribution is 0.292. The number of benzene rings is 1. The first-order valence-electron chi connectivity index (χ1n) is 4.48. The van der Waals surface area contributed by atoms with Gasteiger partial charge in [-0.1, -0.05) is 12.1 Å². The lowest BCUT2D eigenvalue weighted by Gasteiger charge is -2.08. The maximum absolute atomic E-state index is 5.18. The van der Waals surface area contributed by atoms with Crippen molar-refractivity contribution in [2.75, 3.05) is 14.2 Å². The van der Waals surface area contributed by atoms with Gasteiger partial charge in [-0.25, -0.2) is 0 Å². The molecule has 1 aromatic carbocycles. The standard InChI is InChI=1S/C10H12BNO2/c1-13-11(14-2)9-3-4-10-8(7-9)5-6-12-10/h3-7,12H,1-2H3. The summed E-state index contributed by atoms with van der Waals surface area (Å²) in [5, 5.41) is 1.17. The molecule has 0 amide bonds. The van der Waals surface area contributed by atoms with Crippen LogP contribution in [0.1, 0.15) is 0 Å². The fraction of sp³-hybridized carbons (Fsp3) is 0.200. The highest BCUT2D eigenvalue weighted by Crippen LogP contribution is 2.09. The molecule has 0 fully saturated rings. The first kappa shape index (κ1) is 9.31. The largest absolute Gasteiger partial charge is 0.493 e. The van der Waals surface area contributed by atoms with E-state index < -0.39 is 0 Å². The van der Waals surface area contributed by atoms with Crippen LogP contribution < -0.4 is 5.46 Å². The third kappa shape index (κ3) is 1.54. The predicted octanol–water partition coefficient (Wildman–Crippen LogP) is 1.16. The fourth-order valence-electron chi connectivity index (χ4n) is 1.59. The Morgan fingerprint density at radius 1 is 1.14 bits per heavy atom. The van der Waals surface area contributed by atoms with Gasteiger partial charge in [0.1, 0.15) is 0 Å². The van der Waals surface area contributed by atoms with Crippen molar-refractivity contribution in [3.05, 3.63) is 30.5 Å². The van der Waals surface area contributed by atoms with E-state index in [9.17, 15) is 0 Å². The zero-order valence-corrected chi connectivity index (χ0v) is 8.28. The Bertz CT molecular complexity index is 423. The normalized spacial score (nSPS) is 10.7. The second-order valence-corrected chi connectivity index (χ2v) is 3.13. The molecule has 0 aliphatic carbocycles. The van der Waals surface area contributed by atoms with Crippen LogP contribution in [0, 0.1) is 0 Å². The molecule has 72 valence electrons. The van der Waals surface area contributed by atoms with Crippen LogP contribution in [0.5, 0.6) is 0 Å². The number of aromatic amines is 1. The summed E-state index contributed by atoms with van der Waals surface area (Å²) in [6, 6.07) is 8.11. The Morgan fingerprint density at radius 3 is 2.64 bits per heavy atom. The number of nitrogens with one attached hydrogen (secondary N) is 1. The summed E-state index contributed by atoms with van der Waals surface area (Å²) >= 11 is 0. The molecule has 0 radical (unpaired) electrons. The Labute approximate surface area is 83.2 Å². The number of H-pyrrole nitrogens is 1. The molecule has 0 spiro atoms. The molecule has 0 saturated heterocycles. The summed E-state index contributed by atoms with van der Waals surface area (Å²) in [5.74, 6) is 0. The Morgan fingerprint density at radius 2 is 1.93 bits per heavy atom. The van der Waals surface area contributed by atoms with Gasteiger partial charge in [-0.15, -0.1) is 0 Å². The van der Waals surface area contributed by atoms with Gasteiger partial charge in [0.05, 0.1) is 0 Å². The average Bonchev–Trinajstić information content (AvgIpc) is 2.66. The van der Waals surface area contributed by atoms with Crippen molar-refractivity contribution in [2.45, 2.75) is 0 Å². The molecule has 0 bridgehead atoms.